The molecule has 0 aliphatic carbocycles. The lowest BCUT2D eigenvalue weighted by Crippen LogP contribution is -2.15. The molecule has 1 N–H and O–H groups in total. The maximum atomic E-state index is 13.4. The minimum absolute atomic E-state index is 0.00984. The zero-order valence-corrected chi connectivity index (χ0v) is 17.2. The van der Waals surface area contributed by atoms with Crippen LogP contribution in [0, 0.1) is 5.82 Å². The van der Waals surface area contributed by atoms with Gasteiger partial charge in [0.2, 0.25) is 0 Å². The van der Waals surface area contributed by atoms with Crippen LogP contribution >= 0.6 is 0 Å². The number of nitrogens with one attached hydrogen (secondary N) is 1. The number of sulfonamides is 1. The number of sulfone groups is 1. The van der Waals surface area contributed by atoms with Crippen molar-refractivity contribution in [3.05, 3.63) is 66.0 Å². The average molecular weight is 475 g/mol. The monoisotopic (exact) mass is 475 g/mol. The van der Waals surface area contributed by atoms with Crippen molar-refractivity contribution < 1.29 is 34.4 Å². The van der Waals surface area contributed by atoms with Crippen molar-refractivity contribution in [1.29, 1.82) is 0 Å². The van der Waals surface area contributed by atoms with Crippen LogP contribution in [0.1, 0.15) is 5.56 Å². The highest BCUT2D eigenvalue weighted by atomic mass is 32.2. The van der Waals surface area contributed by atoms with Crippen LogP contribution in [-0.2, 0) is 26.0 Å². The largest absolute Gasteiger partial charge is 0.419 e. The standard InChI is InChI=1S/C18H13F4N3O4S2/c1-30(26,27)17-8-7-16(23-24-17)11-3-2-4-12(9-11)25-31(28,29)13-5-6-15(19)14(10-13)18(20,21)22/h2-10,25H,1H3. The molecule has 3 rings (SSSR count). The first-order valence-electron chi connectivity index (χ1n) is 8.31. The van der Waals surface area contributed by atoms with Crippen LogP contribution < -0.4 is 4.72 Å². The lowest BCUT2D eigenvalue weighted by molar-refractivity contribution is -0.140. The maximum absolute atomic E-state index is 13.4. The van der Waals surface area contributed by atoms with E-state index in [0.717, 1.165) is 6.26 Å². The fourth-order valence-corrected chi connectivity index (χ4v) is 4.10. The molecule has 0 aliphatic rings. The van der Waals surface area contributed by atoms with Crippen molar-refractivity contribution in [2.75, 3.05) is 11.0 Å². The van der Waals surface area contributed by atoms with Crippen LogP contribution in [-0.4, -0.2) is 33.3 Å². The first-order chi connectivity index (χ1) is 14.3. The second-order valence-corrected chi connectivity index (χ2v) is 10.00. The van der Waals surface area contributed by atoms with Gasteiger partial charge in [-0.1, -0.05) is 12.1 Å². The zero-order chi connectivity index (χ0) is 23.0. The van der Waals surface area contributed by atoms with E-state index in [1.807, 2.05) is 0 Å². The summed E-state index contributed by atoms with van der Waals surface area (Å²) in [5, 5.41) is 7.14. The fraction of sp³-hybridized carbons (Fsp3) is 0.111. The van der Waals surface area contributed by atoms with E-state index in [0.29, 0.717) is 17.7 Å². The average Bonchev–Trinajstić information content (AvgIpc) is 2.66. The molecule has 1 heterocycles. The predicted octanol–water partition coefficient (Wildman–Crippen LogP) is 3.51. The van der Waals surface area contributed by atoms with Crippen molar-refractivity contribution in [2.24, 2.45) is 0 Å². The fourth-order valence-electron chi connectivity index (χ4n) is 2.52. The number of benzene rings is 2. The summed E-state index contributed by atoms with van der Waals surface area (Å²) in [6, 6.07) is 9.60. The Bertz CT molecular complexity index is 1340. The number of halogens is 4. The van der Waals surface area contributed by atoms with Gasteiger partial charge in [-0.15, -0.1) is 10.2 Å². The summed E-state index contributed by atoms with van der Waals surface area (Å²) in [5.74, 6) is -1.59. The lowest BCUT2D eigenvalue weighted by Gasteiger charge is -2.12. The molecule has 31 heavy (non-hydrogen) atoms. The highest BCUT2D eigenvalue weighted by Crippen LogP contribution is 2.33. The molecule has 0 saturated heterocycles. The van der Waals surface area contributed by atoms with Gasteiger partial charge in [-0.2, -0.15) is 13.2 Å². The molecule has 0 atom stereocenters. The molecule has 0 radical (unpaired) electrons. The molecule has 0 amide bonds. The Labute approximate surface area is 174 Å². The third-order valence-electron chi connectivity index (χ3n) is 3.98. The van der Waals surface area contributed by atoms with Crippen molar-refractivity contribution >= 4 is 25.5 Å². The Morgan fingerprint density at radius 2 is 1.61 bits per heavy atom. The molecular formula is C18H13F4N3O4S2. The number of anilines is 1. The predicted molar refractivity (Wildman–Crippen MR) is 103 cm³/mol. The number of hydrogen-bond acceptors (Lipinski definition) is 6. The topological polar surface area (TPSA) is 106 Å². The van der Waals surface area contributed by atoms with Gasteiger partial charge in [-0.25, -0.2) is 21.2 Å². The van der Waals surface area contributed by atoms with Gasteiger partial charge in [-0.3, -0.25) is 4.72 Å². The van der Waals surface area contributed by atoms with Gasteiger partial charge in [0.05, 0.1) is 16.2 Å². The highest BCUT2D eigenvalue weighted by Gasteiger charge is 2.35. The Kier molecular flexibility index (Phi) is 5.76. The van der Waals surface area contributed by atoms with E-state index in [4.69, 9.17) is 0 Å². The van der Waals surface area contributed by atoms with Gasteiger partial charge in [0.15, 0.2) is 14.9 Å². The first-order valence-corrected chi connectivity index (χ1v) is 11.7. The minimum atomic E-state index is -5.06. The van der Waals surface area contributed by atoms with Crippen LogP contribution in [0.15, 0.2) is 64.5 Å². The second kappa shape index (κ2) is 7.89. The van der Waals surface area contributed by atoms with Crippen molar-refractivity contribution in [1.82, 2.24) is 10.2 Å². The SMILES string of the molecule is CS(=O)(=O)c1ccc(-c2cccc(NS(=O)(=O)c3ccc(F)c(C(F)(F)F)c3)c2)nn1. The van der Waals surface area contributed by atoms with E-state index in [9.17, 15) is 34.4 Å². The lowest BCUT2D eigenvalue weighted by atomic mass is 10.1. The summed E-state index contributed by atoms with van der Waals surface area (Å²) in [7, 11) is -8.02. The number of rotatable bonds is 5. The van der Waals surface area contributed by atoms with Crippen LogP contribution in [0.5, 0.6) is 0 Å². The Morgan fingerprint density at radius 3 is 2.19 bits per heavy atom. The summed E-state index contributed by atoms with van der Waals surface area (Å²) in [5.41, 5.74) is -1.12. The molecule has 0 saturated carbocycles. The number of aromatic nitrogens is 2. The summed E-state index contributed by atoms with van der Waals surface area (Å²) in [6.07, 6.45) is -4.10. The van der Waals surface area contributed by atoms with Crippen LogP contribution in [0.2, 0.25) is 0 Å². The van der Waals surface area contributed by atoms with Crippen LogP contribution in [0.25, 0.3) is 11.3 Å². The molecule has 2 aromatic carbocycles. The second-order valence-electron chi connectivity index (χ2n) is 6.35. The smallest absolute Gasteiger partial charge is 0.280 e. The molecule has 0 fully saturated rings. The number of alkyl halides is 3. The molecule has 0 spiro atoms. The third kappa shape index (κ3) is 5.17. The third-order valence-corrected chi connectivity index (χ3v) is 6.34. The maximum Gasteiger partial charge on any atom is 0.419 e. The van der Waals surface area contributed by atoms with Crippen LogP contribution in [0.3, 0.4) is 0 Å². The number of hydrogen-bond donors (Lipinski definition) is 1. The van der Waals surface area contributed by atoms with Gasteiger partial charge >= 0.3 is 6.18 Å². The summed E-state index contributed by atoms with van der Waals surface area (Å²) in [4.78, 5) is -0.774. The molecular weight excluding hydrogens is 462 g/mol. The zero-order valence-electron chi connectivity index (χ0n) is 15.6. The molecule has 13 heteroatoms. The van der Waals surface area contributed by atoms with Gasteiger partial charge < -0.3 is 0 Å². The van der Waals surface area contributed by atoms with E-state index in [1.165, 1.54) is 30.3 Å². The molecule has 0 bridgehead atoms. The molecule has 164 valence electrons. The summed E-state index contributed by atoms with van der Waals surface area (Å²) < 4.78 is 102. The molecule has 0 aliphatic heterocycles. The van der Waals surface area contributed by atoms with Gasteiger partial charge in [0.1, 0.15) is 5.82 Å². The van der Waals surface area contributed by atoms with E-state index in [-0.39, 0.29) is 22.5 Å². The highest BCUT2D eigenvalue weighted by molar-refractivity contribution is 7.92. The Morgan fingerprint density at radius 1 is 0.903 bits per heavy atom. The molecule has 7 nitrogen and oxygen atoms in total. The van der Waals surface area contributed by atoms with E-state index in [1.54, 1.807) is 6.07 Å². The summed E-state index contributed by atoms with van der Waals surface area (Å²) in [6.45, 7) is 0. The van der Waals surface area contributed by atoms with Gasteiger partial charge in [0, 0.05) is 17.5 Å². The molecule has 3 aromatic rings. The van der Waals surface area contributed by atoms with Crippen molar-refractivity contribution in [3.63, 3.8) is 0 Å². The minimum Gasteiger partial charge on any atom is -0.280 e. The Balaban J connectivity index is 1.92. The molecule has 1 aromatic heterocycles. The van der Waals surface area contributed by atoms with E-state index >= 15 is 0 Å². The van der Waals surface area contributed by atoms with E-state index < -0.39 is 42.3 Å². The van der Waals surface area contributed by atoms with Crippen molar-refractivity contribution in [2.45, 2.75) is 16.1 Å². The number of nitrogens with zero attached hydrogens (tertiary/aromatic N) is 2. The quantitative estimate of drug-likeness (QED) is 0.566. The van der Waals surface area contributed by atoms with Crippen LogP contribution in [0.4, 0.5) is 23.2 Å². The first kappa shape index (κ1) is 22.6. The summed E-state index contributed by atoms with van der Waals surface area (Å²) >= 11 is 0. The van der Waals surface area contributed by atoms with Gasteiger partial charge in [0.25, 0.3) is 10.0 Å². The molecule has 0 unspecified atom stereocenters. The Hall–Kier alpha value is -3.06. The normalized spacial score (nSPS) is 12.5. The van der Waals surface area contributed by atoms with E-state index in [2.05, 4.69) is 14.9 Å². The van der Waals surface area contributed by atoms with Crippen molar-refractivity contribution in [3.8, 4) is 11.3 Å². The van der Waals surface area contributed by atoms with Gasteiger partial charge in [-0.05, 0) is 42.5 Å².